The van der Waals surface area contributed by atoms with Gasteiger partial charge >= 0.3 is 6.18 Å². The van der Waals surface area contributed by atoms with Crippen molar-refractivity contribution in [1.29, 1.82) is 0 Å². The zero-order valence-corrected chi connectivity index (χ0v) is 22.4. The van der Waals surface area contributed by atoms with E-state index >= 15 is 0 Å². The van der Waals surface area contributed by atoms with E-state index in [9.17, 15) is 22.8 Å². The number of aryl methyl sites for hydroxylation is 1. The number of carbonyl (C=O) groups excluding carboxylic acids is 2. The van der Waals surface area contributed by atoms with Gasteiger partial charge in [0.15, 0.2) is 0 Å². The summed E-state index contributed by atoms with van der Waals surface area (Å²) in [6.45, 7) is 1.78. The maximum Gasteiger partial charge on any atom is 0.416 e. The Labute approximate surface area is 238 Å². The average Bonchev–Trinajstić information content (AvgIpc) is 2.98. The van der Waals surface area contributed by atoms with Gasteiger partial charge in [0.25, 0.3) is 11.8 Å². The van der Waals surface area contributed by atoms with Crippen LogP contribution in [0.3, 0.4) is 0 Å². The molecule has 8 nitrogen and oxygen atoms in total. The summed E-state index contributed by atoms with van der Waals surface area (Å²) in [6, 6.07) is 19.5. The maximum absolute atomic E-state index is 13.4. The summed E-state index contributed by atoms with van der Waals surface area (Å²) < 4.78 is 44.4. The standard InChI is InChI=1S/C31H24F3N5O3/c1-18-9-10-21(37-29(40)19-5-3-6-20(15-19)31(32,33)34)16-26(18)38-30(41)25-8-4-7-24-23(25)13-14-35-28(24)39-27-12-11-22(42-2)17-36-27/h3-17H,1-2H3,(H,37,40)(H,38,41)(H,35,36,39). The molecule has 0 aliphatic heterocycles. The van der Waals surface area contributed by atoms with Crippen molar-refractivity contribution in [3.8, 4) is 5.75 Å². The van der Waals surface area contributed by atoms with Crippen molar-refractivity contribution < 1.29 is 27.5 Å². The summed E-state index contributed by atoms with van der Waals surface area (Å²) in [6.07, 6.45) is -1.41. The molecule has 0 atom stereocenters. The molecule has 5 aromatic rings. The molecule has 0 aliphatic rings. The number of alkyl halides is 3. The molecule has 0 saturated carbocycles. The molecule has 2 amide bonds. The molecular formula is C31H24F3N5O3. The van der Waals surface area contributed by atoms with Crippen LogP contribution in [0.2, 0.25) is 0 Å². The first-order valence-corrected chi connectivity index (χ1v) is 12.7. The number of anilines is 4. The number of ether oxygens (including phenoxy) is 1. The van der Waals surface area contributed by atoms with Crippen molar-refractivity contribution in [2.24, 2.45) is 0 Å². The van der Waals surface area contributed by atoms with Crippen molar-refractivity contribution >= 4 is 45.6 Å². The summed E-state index contributed by atoms with van der Waals surface area (Å²) in [5, 5.41) is 9.98. The number of nitrogens with one attached hydrogen (secondary N) is 3. The molecule has 0 spiro atoms. The van der Waals surface area contributed by atoms with Crippen LogP contribution in [0.5, 0.6) is 5.75 Å². The lowest BCUT2D eigenvalue weighted by atomic mass is 10.0. The van der Waals surface area contributed by atoms with E-state index in [-0.39, 0.29) is 5.56 Å². The van der Waals surface area contributed by atoms with E-state index in [4.69, 9.17) is 4.74 Å². The fourth-order valence-corrected chi connectivity index (χ4v) is 4.27. The minimum Gasteiger partial charge on any atom is -0.495 e. The third-order valence-electron chi connectivity index (χ3n) is 6.46. The van der Waals surface area contributed by atoms with Crippen LogP contribution >= 0.6 is 0 Å². The van der Waals surface area contributed by atoms with E-state index in [1.165, 1.54) is 12.1 Å². The maximum atomic E-state index is 13.4. The van der Waals surface area contributed by atoms with Crippen LogP contribution < -0.4 is 20.7 Å². The highest BCUT2D eigenvalue weighted by Gasteiger charge is 2.31. The van der Waals surface area contributed by atoms with Gasteiger partial charge in [0.2, 0.25) is 0 Å². The number of halogens is 3. The second kappa shape index (κ2) is 11.6. The lowest BCUT2D eigenvalue weighted by Crippen LogP contribution is -2.16. The van der Waals surface area contributed by atoms with Gasteiger partial charge in [-0.3, -0.25) is 9.59 Å². The number of fused-ring (bicyclic) bond motifs is 1. The largest absolute Gasteiger partial charge is 0.495 e. The average molecular weight is 572 g/mol. The minimum absolute atomic E-state index is 0.144. The molecule has 0 aliphatic carbocycles. The summed E-state index contributed by atoms with van der Waals surface area (Å²) in [5.74, 6) is 0.556. The van der Waals surface area contributed by atoms with E-state index in [1.54, 1.807) is 75.0 Å². The molecule has 3 aromatic carbocycles. The van der Waals surface area contributed by atoms with E-state index in [2.05, 4.69) is 25.9 Å². The smallest absolute Gasteiger partial charge is 0.416 e. The Kier molecular flexibility index (Phi) is 7.74. The van der Waals surface area contributed by atoms with Gasteiger partial charge < -0.3 is 20.7 Å². The number of hydrogen-bond donors (Lipinski definition) is 3. The Morgan fingerprint density at radius 3 is 2.38 bits per heavy atom. The van der Waals surface area contributed by atoms with E-state index < -0.39 is 23.6 Å². The molecule has 0 radical (unpaired) electrons. The van der Waals surface area contributed by atoms with Gasteiger partial charge in [0.05, 0.1) is 18.9 Å². The number of aromatic nitrogens is 2. The number of nitrogens with zero attached hydrogens (tertiary/aromatic N) is 2. The lowest BCUT2D eigenvalue weighted by Gasteiger charge is -2.14. The minimum atomic E-state index is -4.57. The predicted octanol–water partition coefficient (Wildman–Crippen LogP) is 7.21. The molecule has 0 unspecified atom stereocenters. The van der Waals surface area contributed by atoms with Crippen LogP contribution in [0.25, 0.3) is 10.8 Å². The van der Waals surface area contributed by atoms with Crippen LogP contribution in [-0.4, -0.2) is 28.9 Å². The van der Waals surface area contributed by atoms with Gasteiger partial charge in [-0.15, -0.1) is 0 Å². The first kappa shape index (κ1) is 28.1. The summed E-state index contributed by atoms with van der Waals surface area (Å²) in [5.41, 5.74) is 0.770. The highest BCUT2D eigenvalue weighted by Crippen LogP contribution is 2.31. The molecule has 5 rings (SSSR count). The van der Waals surface area contributed by atoms with Crippen LogP contribution in [0.15, 0.2) is 91.3 Å². The highest BCUT2D eigenvalue weighted by atomic mass is 19.4. The van der Waals surface area contributed by atoms with E-state index in [0.29, 0.717) is 45.1 Å². The van der Waals surface area contributed by atoms with Crippen LogP contribution in [-0.2, 0) is 6.18 Å². The Morgan fingerprint density at radius 1 is 0.833 bits per heavy atom. The summed E-state index contributed by atoms with van der Waals surface area (Å²) in [7, 11) is 1.55. The van der Waals surface area contributed by atoms with E-state index in [1.807, 2.05) is 6.07 Å². The van der Waals surface area contributed by atoms with Crippen molar-refractivity contribution in [3.63, 3.8) is 0 Å². The zero-order valence-electron chi connectivity index (χ0n) is 22.4. The molecule has 2 aromatic heterocycles. The van der Waals surface area contributed by atoms with Crippen LogP contribution in [0.1, 0.15) is 31.8 Å². The Morgan fingerprint density at radius 2 is 1.64 bits per heavy atom. The second-order valence-electron chi connectivity index (χ2n) is 9.29. The third kappa shape index (κ3) is 6.15. The Hall–Kier alpha value is -5.45. The zero-order chi connectivity index (χ0) is 29.9. The van der Waals surface area contributed by atoms with Crippen LogP contribution in [0.4, 0.5) is 36.2 Å². The van der Waals surface area contributed by atoms with E-state index in [0.717, 1.165) is 17.7 Å². The fraction of sp³-hybridized carbons (Fsp3) is 0.0968. The number of benzene rings is 3. The molecule has 2 heterocycles. The van der Waals surface area contributed by atoms with Crippen molar-refractivity contribution in [2.75, 3.05) is 23.1 Å². The predicted molar refractivity (Wildman–Crippen MR) is 154 cm³/mol. The number of rotatable bonds is 7. The van der Waals surface area contributed by atoms with Gasteiger partial charge in [0.1, 0.15) is 17.4 Å². The van der Waals surface area contributed by atoms with Crippen molar-refractivity contribution in [2.45, 2.75) is 13.1 Å². The second-order valence-corrected chi connectivity index (χ2v) is 9.29. The van der Waals surface area contributed by atoms with Gasteiger partial charge in [-0.2, -0.15) is 13.2 Å². The normalized spacial score (nSPS) is 11.2. The number of carbonyl (C=O) groups is 2. The highest BCUT2D eigenvalue weighted by molar-refractivity contribution is 6.15. The fourth-order valence-electron chi connectivity index (χ4n) is 4.27. The number of hydrogen-bond acceptors (Lipinski definition) is 6. The topological polar surface area (TPSA) is 105 Å². The molecule has 0 fully saturated rings. The quantitative estimate of drug-likeness (QED) is 0.191. The number of methoxy groups -OCH3 is 1. The first-order valence-electron chi connectivity index (χ1n) is 12.7. The number of amides is 2. The SMILES string of the molecule is COc1ccc(Nc2nccc3c(C(=O)Nc4cc(NC(=O)c5cccc(C(F)(F)F)c5)ccc4C)cccc23)nc1. The van der Waals surface area contributed by atoms with Gasteiger partial charge in [-0.05, 0) is 72.5 Å². The summed E-state index contributed by atoms with van der Waals surface area (Å²) >= 11 is 0. The van der Waals surface area contributed by atoms with Gasteiger partial charge in [-0.25, -0.2) is 9.97 Å². The lowest BCUT2D eigenvalue weighted by molar-refractivity contribution is -0.137. The Balaban J connectivity index is 1.37. The number of pyridine rings is 2. The van der Waals surface area contributed by atoms with Gasteiger partial charge in [-0.1, -0.05) is 24.3 Å². The molecule has 42 heavy (non-hydrogen) atoms. The molecule has 11 heteroatoms. The molecule has 3 N–H and O–H groups in total. The monoisotopic (exact) mass is 571 g/mol. The third-order valence-corrected chi connectivity index (χ3v) is 6.46. The van der Waals surface area contributed by atoms with Crippen molar-refractivity contribution in [3.05, 3.63) is 114 Å². The Bertz CT molecular complexity index is 1790. The molecule has 0 saturated heterocycles. The first-order chi connectivity index (χ1) is 20.1. The van der Waals surface area contributed by atoms with Crippen molar-refractivity contribution in [1.82, 2.24) is 9.97 Å². The molecule has 212 valence electrons. The molecule has 0 bridgehead atoms. The molecular weight excluding hydrogens is 547 g/mol. The van der Waals surface area contributed by atoms with Gasteiger partial charge in [0, 0.05) is 34.1 Å². The summed E-state index contributed by atoms with van der Waals surface area (Å²) in [4.78, 5) is 34.8. The van der Waals surface area contributed by atoms with Crippen LogP contribution in [0, 0.1) is 6.92 Å².